The molecule has 1 atom stereocenters. The van der Waals surface area contributed by atoms with E-state index in [1.165, 1.54) is 0 Å². The maximum absolute atomic E-state index is 13.2. The Morgan fingerprint density at radius 1 is 1.10 bits per heavy atom. The van der Waals surface area contributed by atoms with Gasteiger partial charge in [0.2, 0.25) is 5.91 Å². The molecule has 0 bridgehead atoms. The number of hydrogen-bond acceptors (Lipinski definition) is 5. The minimum Gasteiger partial charge on any atom is -0.337 e. The molecule has 1 spiro atoms. The summed E-state index contributed by atoms with van der Waals surface area (Å²) in [4.78, 5) is 40.2. The van der Waals surface area contributed by atoms with Crippen LogP contribution in [-0.4, -0.2) is 70.3 Å². The molecule has 7 nitrogen and oxygen atoms in total. The lowest BCUT2D eigenvalue weighted by atomic mass is 9.92. The molecule has 2 saturated heterocycles. The molecule has 0 aliphatic carbocycles. The highest BCUT2D eigenvalue weighted by atomic mass is 16.2. The van der Waals surface area contributed by atoms with Crippen molar-refractivity contribution in [1.82, 2.24) is 19.8 Å². The number of pyridine rings is 2. The summed E-state index contributed by atoms with van der Waals surface area (Å²) in [7, 11) is 1.98. The van der Waals surface area contributed by atoms with Crippen LogP contribution in [0, 0.1) is 0 Å². The molecule has 1 aromatic carbocycles. The number of nitrogens with zero attached hydrogens (tertiary/aromatic N) is 5. The van der Waals surface area contributed by atoms with Gasteiger partial charge in [-0.3, -0.25) is 24.5 Å². The highest BCUT2D eigenvalue weighted by Gasteiger charge is 2.48. The van der Waals surface area contributed by atoms with E-state index in [1.807, 2.05) is 59.3 Å². The second-order valence-corrected chi connectivity index (χ2v) is 8.16. The lowest BCUT2D eigenvalue weighted by molar-refractivity contribution is -0.123. The zero-order valence-electron chi connectivity index (χ0n) is 16.9. The minimum atomic E-state index is -0.252. The highest BCUT2D eigenvalue weighted by molar-refractivity contribution is 5.98. The average molecular weight is 401 g/mol. The quantitative estimate of drug-likeness (QED) is 0.658. The molecule has 152 valence electrons. The van der Waals surface area contributed by atoms with Gasteiger partial charge in [-0.25, -0.2) is 0 Å². The summed E-state index contributed by atoms with van der Waals surface area (Å²) in [6.07, 6.45) is 6.00. The van der Waals surface area contributed by atoms with Crippen molar-refractivity contribution in [3.63, 3.8) is 0 Å². The normalized spacial score (nSPS) is 22.2. The molecule has 2 fully saturated rings. The van der Waals surface area contributed by atoms with E-state index in [-0.39, 0.29) is 17.4 Å². The van der Waals surface area contributed by atoms with Crippen LogP contribution in [-0.2, 0) is 4.79 Å². The van der Waals surface area contributed by atoms with Crippen LogP contribution in [0.4, 0.5) is 5.69 Å². The number of likely N-dealkylation sites (tertiary alicyclic amines) is 1. The first-order valence-corrected chi connectivity index (χ1v) is 10.1. The Hall–Kier alpha value is -3.32. The second kappa shape index (κ2) is 7.18. The number of benzene rings is 1. The van der Waals surface area contributed by atoms with Gasteiger partial charge in [-0.05, 0) is 49.9 Å². The predicted octanol–water partition coefficient (Wildman–Crippen LogP) is 2.19. The molecule has 2 aromatic heterocycles. The fourth-order valence-corrected chi connectivity index (χ4v) is 4.57. The summed E-state index contributed by atoms with van der Waals surface area (Å²) in [6, 6.07) is 13.2. The SMILES string of the molecule is CN1CC(=O)N(c2cccnc2)CC12CCN(C(=O)c1ccc3ncccc3c1)C2. The molecule has 0 saturated carbocycles. The molecular formula is C23H23N5O2. The van der Waals surface area contributed by atoms with Gasteiger partial charge in [0.25, 0.3) is 5.91 Å². The summed E-state index contributed by atoms with van der Waals surface area (Å²) < 4.78 is 0. The van der Waals surface area contributed by atoms with E-state index in [0.29, 0.717) is 31.7 Å². The van der Waals surface area contributed by atoms with E-state index in [4.69, 9.17) is 0 Å². The number of piperazine rings is 1. The van der Waals surface area contributed by atoms with Crippen molar-refractivity contribution < 1.29 is 9.59 Å². The number of likely N-dealkylation sites (N-methyl/N-ethyl adjacent to an activating group) is 1. The molecule has 5 rings (SSSR count). The molecule has 7 heteroatoms. The molecule has 2 aliphatic heterocycles. The van der Waals surface area contributed by atoms with Gasteiger partial charge in [0, 0.05) is 43.0 Å². The van der Waals surface area contributed by atoms with Gasteiger partial charge in [0.1, 0.15) is 0 Å². The fraction of sp³-hybridized carbons (Fsp3) is 0.304. The Bertz CT molecular complexity index is 1120. The number of carbonyl (C=O) groups excluding carboxylic acids is 2. The summed E-state index contributed by atoms with van der Waals surface area (Å²) >= 11 is 0. The lowest BCUT2D eigenvalue weighted by Gasteiger charge is -2.46. The van der Waals surface area contributed by atoms with Crippen LogP contribution in [0.3, 0.4) is 0 Å². The Kier molecular flexibility index (Phi) is 4.47. The Morgan fingerprint density at radius 3 is 2.80 bits per heavy atom. The van der Waals surface area contributed by atoms with Crippen molar-refractivity contribution >= 4 is 28.4 Å². The van der Waals surface area contributed by atoms with Gasteiger partial charge in [-0.15, -0.1) is 0 Å². The maximum atomic E-state index is 13.2. The van der Waals surface area contributed by atoms with Crippen LogP contribution in [0.25, 0.3) is 10.9 Å². The number of carbonyl (C=O) groups is 2. The molecule has 2 aliphatic rings. The molecule has 0 radical (unpaired) electrons. The molecule has 4 heterocycles. The van der Waals surface area contributed by atoms with Gasteiger partial charge in [-0.1, -0.05) is 6.07 Å². The van der Waals surface area contributed by atoms with Crippen LogP contribution in [0.5, 0.6) is 0 Å². The van der Waals surface area contributed by atoms with E-state index in [1.54, 1.807) is 18.6 Å². The largest absolute Gasteiger partial charge is 0.337 e. The van der Waals surface area contributed by atoms with Crippen molar-refractivity contribution in [1.29, 1.82) is 0 Å². The minimum absolute atomic E-state index is 0.0239. The van der Waals surface area contributed by atoms with Gasteiger partial charge in [0.05, 0.1) is 29.5 Å². The Balaban J connectivity index is 1.39. The van der Waals surface area contributed by atoms with Crippen LogP contribution in [0.2, 0.25) is 0 Å². The average Bonchev–Trinajstić information content (AvgIpc) is 3.21. The number of aromatic nitrogens is 2. The van der Waals surface area contributed by atoms with Gasteiger partial charge < -0.3 is 9.80 Å². The number of fused-ring (bicyclic) bond motifs is 1. The topological polar surface area (TPSA) is 69.6 Å². The Morgan fingerprint density at radius 2 is 1.97 bits per heavy atom. The van der Waals surface area contributed by atoms with Crippen LogP contribution < -0.4 is 4.90 Å². The van der Waals surface area contributed by atoms with Crippen molar-refractivity contribution in [3.8, 4) is 0 Å². The van der Waals surface area contributed by atoms with Gasteiger partial charge in [-0.2, -0.15) is 0 Å². The van der Waals surface area contributed by atoms with Crippen molar-refractivity contribution in [3.05, 3.63) is 66.6 Å². The van der Waals surface area contributed by atoms with Crippen LogP contribution in [0.15, 0.2) is 61.1 Å². The number of rotatable bonds is 2. The van der Waals surface area contributed by atoms with Crippen molar-refractivity contribution in [2.24, 2.45) is 0 Å². The third kappa shape index (κ3) is 3.11. The number of hydrogen-bond donors (Lipinski definition) is 0. The van der Waals surface area contributed by atoms with E-state index < -0.39 is 0 Å². The number of amides is 2. The van der Waals surface area contributed by atoms with Crippen molar-refractivity contribution in [2.75, 3.05) is 38.1 Å². The number of anilines is 1. The van der Waals surface area contributed by atoms with E-state index >= 15 is 0 Å². The summed E-state index contributed by atoms with van der Waals surface area (Å²) in [5.74, 6) is 0.0822. The molecular weight excluding hydrogens is 378 g/mol. The predicted molar refractivity (Wildman–Crippen MR) is 114 cm³/mol. The zero-order chi connectivity index (χ0) is 20.7. The fourth-order valence-electron chi connectivity index (χ4n) is 4.57. The monoisotopic (exact) mass is 401 g/mol. The lowest BCUT2D eigenvalue weighted by Crippen LogP contribution is -2.64. The first kappa shape index (κ1) is 18.7. The van der Waals surface area contributed by atoms with Gasteiger partial charge >= 0.3 is 0 Å². The standard InChI is InChI=1S/C23H23N5O2/c1-26-14-21(29)28(19-5-3-9-24-13-19)16-23(26)8-11-27(15-23)22(30)18-6-7-20-17(12-18)4-2-10-25-20/h2-7,9-10,12-13H,8,11,14-16H2,1H3. The molecule has 0 N–H and O–H groups in total. The van der Waals surface area contributed by atoms with Crippen molar-refractivity contribution in [2.45, 2.75) is 12.0 Å². The zero-order valence-corrected chi connectivity index (χ0v) is 16.9. The third-order valence-corrected chi connectivity index (χ3v) is 6.36. The van der Waals surface area contributed by atoms with E-state index in [0.717, 1.165) is 23.0 Å². The van der Waals surface area contributed by atoms with Gasteiger partial charge in [0.15, 0.2) is 0 Å². The highest BCUT2D eigenvalue weighted by Crippen LogP contribution is 2.34. The summed E-state index contributed by atoms with van der Waals surface area (Å²) in [5, 5.41) is 0.959. The molecule has 2 amide bonds. The smallest absolute Gasteiger partial charge is 0.253 e. The molecule has 1 unspecified atom stereocenters. The molecule has 3 aromatic rings. The molecule has 30 heavy (non-hydrogen) atoms. The maximum Gasteiger partial charge on any atom is 0.253 e. The van der Waals surface area contributed by atoms with Crippen LogP contribution in [0.1, 0.15) is 16.8 Å². The third-order valence-electron chi connectivity index (χ3n) is 6.36. The Labute approximate surface area is 174 Å². The van der Waals surface area contributed by atoms with E-state index in [2.05, 4.69) is 14.9 Å². The summed E-state index contributed by atoms with van der Waals surface area (Å²) in [6.45, 7) is 2.15. The first-order chi connectivity index (χ1) is 14.6. The van der Waals surface area contributed by atoms with Crippen LogP contribution >= 0.6 is 0 Å². The van der Waals surface area contributed by atoms with E-state index in [9.17, 15) is 9.59 Å². The second-order valence-electron chi connectivity index (χ2n) is 8.16. The first-order valence-electron chi connectivity index (χ1n) is 10.1. The summed E-state index contributed by atoms with van der Waals surface area (Å²) in [5.41, 5.74) is 2.11.